The molecule has 3 N–H and O–H groups in total. The molecule has 2 aliphatic rings. The van der Waals surface area contributed by atoms with Crippen LogP contribution in [0.25, 0.3) is 0 Å². The maximum absolute atomic E-state index is 11.8. The lowest BCUT2D eigenvalue weighted by Gasteiger charge is -2.57. The van der Waals surface area contributed by atoms with E-state index in [9.17, 15) is 15.0 Å². The average Bonchev–Trinajstić information content (AvgIpc) is 2.55. The Labute approximate surface area is 146 Å². The Kier molecular flexibility index (Phi) is 6.14. The first-order valence-electron chi connectivity index (χ1n) is 9.45. The number of rotatable bonds is 7. The maximum atomic E-state index is 11.8. The highest BCUT2D eigenvalue weighted by atomic mass is 16.4. The number of allylic oxidation sites excluding steroid dienone is 1. The molecule has 0 heterocycles. The molecule has 4 nitrogen and oxygen atoms in total. The van der Waals surface area contributed by atoms with Crippen molar-refractivity contribution >= 4 is 5.97 Å². The molecule has 2 rings (SSSR count). The van der Waals surface area contributed by atoms with Crippen LogP contribution in [0.1, 0.15) is 65.7 Å². The quantitative estimate of drug-likeness (QED) is 0.662. The van der Waals surface area contributed by atoms with Gasteiger partial charge in [0, 0.05) is 24.2 Å². The smallest absolute Gasteiger partial charge is 0.331 e. The molecule has 0 aromatic heterocycles. The summed E-state index contributed by atoms with van der Waals surface area (Å²) in [5.74, 6) is 0.313. The summed E-state index contributed by atoms with van der Waals surface area (Å²) in [7, 11) is 0. The molecule has 5 atom stereocenters. The van der Waals surface area contributed by atoms with E-state index in [0.717, 1.165) is 38.5 Å². The van der Waals surface area contributed by atoms with Gasteiger partial charge in [-0.05, 0) is 68.1 Å². The number of aliphatic hydroxyl groups excluding tert-OH is 2. The summed E-state index contributed by atoms with van der Waals surface area (Å²) in [5, 5.41) is 28.4. The van der Waals surface area contributed by atoms with E-state index in [1.165, 1.54) is 0 Å². The SMILES string of the molecule is C[C@@H]1CC[C@@]2(C)C(C(=O)O)=CCC[C@@H]2[C@@]1(C)CCC(CO)CCO. The molecule has 0 spiro atoms. The van der Waals surface area contributed by atoms with Crippen LogP contribution in [0.2, 0.25) is 0 Å². The van der Waals surface area contributed by atoms with E-state index < -0.39 is 5.97 Å². The normalized spacial score (nSPS) is 37.5. The third-order valence-electron chi connectivity index (χ3n) is 7.32. The van der Waals surface area contributed by atoms with Gasteiger partial charge in [0.2, 0.25) is 0 Å². The Bertz CT molecular complexity index is 486. The Balaban J connectivity index is 2.24. The van der Waals surface area contributed by atoms with Gasteiger partial charge in [-0.1, -0.05) is 26.8 Å². The minimum absolute atomic E-state index is 0.0881. The number of hydrogen-bond acceptors (Lipinski definition) is 3. The lowest BCUT2D eigenvalue weighted by molar-refractivity contribution is -0.137. The van der Waals surface area contributed by atoms with E-state index in [1.54, 1.807) is 0 Å². The van der Waals surface area contributed by atoms with Crippen LogP contribution in [0.3, 0.4) is 0 Å². The molecular formula is C20H34O4. The molecule has 0 aromatic rings. The van der Waals surface area contributed by atoms with Gasteiger partial charge in [0.05, 0.1) is 0 Å². The molecule has 138 valence electrons. The van der Waals surface area contributed by atoms with Crippen LogP contribution in [0, 0.1) is 28.6 Å². The lowest BCUT2D eigenvalue weighted by atomic mass is 9.46. The fourth-order valence-electron chi connectivity index (χ4n) is 5.47. The van der Waals surface area contributed by atoms with Crippen LogP contribution in [0.4, 0.5) is 0 Å². The van der Waals surface area contributed by atoms with Gasteiger partial charge in [0.15, 0.2) is 0 Å². The van der Waals surface area contributed by atoms with Crippen LogP contribution in [0.15, 0.2) is 11.6 Å². The molecule has 2 aliphatic carbocycles. The van der Waals surface area contributed by atoms with Crippen molar-refractivity contribution in [3.05, 3.63) is 11.6 Å². The van der Waals surface area contributed by atoms with Crippen LogP contribution in [-0.2, 0) is 4.79 Å². The number of aliphatic carboxylic acids is 1. The minimum atomic E-state index is -0.757. The second-order valence-electron chi connectivity index (χ2n) is 8.52. The van der Waals surface area contributed by atoms with Crippen LogP contribution in [-0.4, -0.2) is 34.5 Å². The predicted octanol–water partition coefficient (Wildman–Crippen LogP) is 3.62. The Morgan fingerprint density at radius 1 is 1.29 bits per heavy atom. The molecule has 1 unspecified atom stereocenters. The molecule has 4 heteroatoms. The van der Waals surface area contributed by atoms with Gasteiger partial charge in [-0.15, -0.1) is 0 Å². The van der Waals surface area contributed by atoms with Gasteiger partial charge in [0.25, 0.3) is 0 Å². The largest absolute Gasteiger partial charge is 0.478 e. The number of carboxylic acid groups (broad SMARTS) is 1. The second kappa shape index (κ2) is 7.57. The molecule has 0 aromatic carbocycles. The van der Waals surface area contributed by atoms with Crippen molar-refractivity contribution in [2.75, 3.05) is 13.2 Å². The zero-order chi connectivity index (χ0) is 18.0. The summed E-state index contributed by atoms with van der Waals surface area (Å²) in [6, 6.07) is 0. The van der Waals surface area contributed by atoms with Gasteiger partial charge >= 0.3 is 5.97 Å². The Morgan fingerprint density at radius 3 is 2.58 bits per heavy atom. The Morgan fingerprint density at radius 2 is 2.00 bits per heavy atom. The molecule has 1 fully saturated rings. The first kappa shape index (κ1) is 19.5. The molecular weight excluding hydrogens is 304 g/mol. The first-order chi connectivity index (χ1) is 11.3. The first-order valence-corrected chi connectivity index (χ1v) is 9.45. The highest BCUT2D eigenvalue weighted by Crippen LogP contribution is 2.62. The molecule has 0 bridgehead atoms. The predicted molar refractivity (Wildman–Crippen MR) is 94.6 cm³/mol. The van der Waals surface area contributed by atoms with E-state index >= 15 is 0 Å². The third kappa shape index (κ3) is 3.41. The summed E-state index contributed by atoms with van der Waals surface area (Å²) in [4.78, 5) is 11.8. The van der Waals surface area contributed by atoms with E-state index in [0.29, 0.717) is 23.8 Å². The number of hydrogen-bond donors (Lipinski definition) is 3. The summed E-state index contributed by atoms with van der Waals surface area (Å²) < 4.78 is 0. The summed E-state index contributed by atoms with van der Waals surface area (Å²) in [6.07, 6.45) is 8.39. The molecule has 0 amide bonds. The second-order valence-corrected chi connectivity index (χ2v) is 8.52. The van der Waals surface area contributed by atoms with Gasteiger partial charge in [-0.25, -0.2) is 4.79 Å². The van der Waals surface area contributed by atoms with Crippen LogP contribution < -0.4 is 0 Å². The van der Waals surface area contributed by atoms with Gasteiger partial charge in [-0.2, -0.15) is 0 Å². The fraction of sp³-hybridized carbons (Fsp3) is 0.850. The number of carboxylic acids is 1. The van der Waals surface area contributed by atoms with Crippen LogP contribution >= 0.6 is 0 Å². The van der Waals surface area contributed by atoms with Crippen molar-refractivity contribution in [3.63, 3.8) is 0 Å². The van der Waals surface area contributed by atoms with Crippen molar-refractivity contribution in [1.82, 2.24) is 0 Å². The average molecular weight is 338 g/mol. The summed E-state index contributed by atoms with van der Waals surface area (Å²) in [5.41, 5.74) is 0.466. The highest BCUT2D eigenvalue weighted by molar-refractivity contribution is 5.88. The molecule has 0 radical (unpaired) electrons. The van der Waals surface area contributed by atoms with Crippen molar-refractivity contribution < 1.29 is 20.1 Å². The van der Waals surface area contributed by atoms with E-state index in [4.69, 9.17) is 5.11 Å². The van der Waals surface area contributed by atoms with Gasteiger partial charge in [0.1, 0.15) is 0 Å². The van der Waals surface area contributed by atoms with E-state index in [2.05, 4.69) is 20.8 Å². The number of fused-ring (bicyclic) bond motifs is 1. The third-order valence-corrected chi connectivity index (χ3v) is 7.32. The Hall–Kier alpha value is -0.870. The number of aliphatic hydroxyl groups is 2. The summed E-state index contributed by atoms with van der Waals surface area (Å²) in [6.45, 7) is 7.02. The van der Waals surface area contributed by atoms with Crippen molar-refractivity contribution in [3.8, 4) is 0 Å². The summed E-state index contributed by atoms with van der Waals surface area (Å²) >= 11 is 0. The standard InChI is InChI=1S/C20H34O4/c1-14-7-10-20(3)16(18(23)24)5-4-6-17(20)19(14,2)11-8-15(13-22)9-12-21/h5,14-15,17,21-22H,4,6-13H2,1-3H3,(H,23,24)/t14-,15?,17-,19+,20+/m1/s1. The number of carbonyl (C=O) groups is 1. The van der Waals surface area contributed by atoms with Crippen molar-refractivity contribution in [1.29, 1.82) is 0 Å². The van der Waals surface area contributed by atoms with Gasteiger partial charge < -0.3 is 15.3 Å². The molecule has 24 heavy (non-hydrogen) atoms. The topological polar surface area (TPSA) is 77.8 Å². The van der Waals surface area contributed by atoms with Gasteiger partial charge in [-0.3, -0.25) is 0 Å². The monoisotopic (exact) mass is 338 g/mol. The highest BCUT2D eigenvalue weighted by Gasteiger charge is 2.55. The lowest BCUT2D eigenvalue weighted by Crippen LogP contribution is -2.51. The van der Waals surface area contributed by atoms with E-state index in [1.807, 2.05) is 6.08 Å². The molecule has 0 saturated heterocycles. The minimum Gasteiger partial charge on any atom is -0.478 e. The zero-order valence-corrected chi connectivity index (χ0v) is 15.4. The molecule has 1 saturated carbocycles. The molecule has 0 aliphatic heterocycles. The van der Waals surface area contributed by atoms with Crippen molar-refractivity contribution in [2.45, 2.75) is 65.7 Å². The van der Waals surface area contributed by atoms with Crippen molar-refractivity contribution in [2.24, 2.45) is 28.6 Å². The maximum Gasteiger partial charge on any atom is 0.331 e. The fourth-order valence-corrected chi connectivity index (χ4v) is 5.47. The van der Waals surface area contributed by atoms with E-state index in [-0.39, 0.29) is 30.0 Å². The zero-order valence-electron chi connectivity index (χ0n) is 15.4. The van der Waals surface area contributed by atoms with Crippen LogP contribution in [0.5, 0.6) is 0 Å².